The maximum atomic E-state index is 13.8. The van der Waals surface area contributed by atoms with E-state index in [4.69, 9.17) is 4.52 Å². The molecule has 0 saturated carbocycles. The Morgan fingerprint density at radius 3 is 2.65 bits per heavy atom. The van der Waals surface area contributed by atoms with Gasteiger partial charge in [0.1, 0.15) is 11.3 Å². The first kappa shape index (κ1) is 21.8. The lowest BCUT2D eigenvalue weighted by molar-refractivity contribution is -0.128. The van der Waals surface area contributed by atoms with Crippen LogP contribution in [0.1, 0.15) is 41.0 Å². The number of aliphatic hydroxyl groups is 1. The third kappa shape index (κ3) is 3.16. The minimum absolute atomic E-state index is 0. The summed E-state index contributed by atoms with van der Waals surface area (Å²) in [7, 11) is 0. The van der Waals surface area contributed by atoms with Gasteiger partial charge < -0.3 is 9.63 Å². The van der Waals surface area contributed by atoms with Crippen molar-refractivity contribution in [3.05, 3.63) is 76.7 Å². The third-order valence-corrected chi connectivity index (χ3v) is 6.79. The molecule has 1 aliphatic carbocycles. The molecule has 0 bridgehead atoms. The summed E-state index contributed by atoms with van der Waals surface area (Å²) < 4.78 is 5.40. The Hall–Kier alpha value is -2.41. The fraction of sp³-hybridized carbons (Fsp3) is 0.360. The Morgan fingerprint density at radius 2 is 1.97 bits per heavy atom. The van der Waals surface area contributed by atoms with Gasteiger partial charge in [0.2, 0.25) is 0 Å². The van der Waals surface area contributed by atoms with Gasteiger partial charge in [0.05, 0.1) is 12.3 Å². The second kappa shape index (κ2) is 8.26. The van der Waals surface area contributed by atoms with Crippen molar-refractivity contribution in [2.75, 3.05) is 13.2 Å². The maximum absolute atomic E-state index is 13.8. The zero-order chi connectivity index (χ0) is 20.9. The Bertz CT molecular complexity index is 1090. The molecule has 1 fully saturated rings. The van der Waals surface area contributed by atoms with Gasteiger partial charge >= 0.3 is 0 Å². The predicted molar refractivity (Wildman–Crippen MR) is 125 cm³/mol. The number of likely N-dealkylation sites (tertiary alicyclic amines) is 1. The average Bonchev–Trinajstić information content (AvgIpc) is 3.44. The molecule has 6 heteroatoms. The van der Waals surface area contributed by atoms with Gasteiger partial charge in [-0.25, -0.2) is 0 Å². The minimum Gasteiger partial charge on any atom is -0.395 e. The molecule has 0 amide bonds. The van der Waals surface area contributed by atoms with Crippen molar-refractivity contribution in [2.24, 2.45) is 0 Å². The summed E-state index contributed by atoms with van der Waals surface area (Å²) in [6, 6.07) is 16.3. The molecule has 5 nitrogen and oxygen atoms in total. The van der Waals surface area contributed by atoms with E-state index in [0.29, 0.717) is 6.42 Å². The van der Waals surface area contributed by atoms with Gasteiger partial charge in [-0.1, -0.05) is 47.6 Å². The van der Waals surface area contributed by atoms with Gasteiger partial charge in [-0.3, -0.25) is 9.69 Å². The van der Waals surface area contributed by atoms with E-state index in [1.807, 2.05) is 44.2 Å². The van der Waals surface area contributed by atoms with Crippen molar-refractivity contribution < 1.29 is 14.4 Å². The molecular weight excluding hydrogens is 408 g/mol. The summed E-state index contributed by atoms with van der Waals surface area (Å²) in [6.45, 7) is 4.71. The summed E-state index contributed by atoms with van der Waals surface area (Å²) in [6.07, 6.45) is 2.28. The normalized spacial score (nSPS) is 23.1. The lowest BCUT2D eigenvalue weighted by Crippen LogP contribution is -2.53. The number of benzene rings is 2. The van der Waals surface area contributed by atoms with Crippen molar-refractivity contribution in [1.29, 1.82) is 0 Å². The number of aliphatic hydroxyl groups excluding tert-OH is 1. The Labute approximate surface area is 189 Å². The van der Waals surface area contributed by atoms with E-state index in [1.54, 1.807) is 0 Å². The molecular formula is C25H28N2O3S. The monoisotopic (exact) mass is 436 g/mol. The quantitative estimate of drug-likeness (QED) is 0.672. The molecule has 162 valence electrons. The number of fused-ring (bicyclic) bond motifs is 1. The summed E-state index contributed by atoms with van der Waals surface area (Å²) in [5.41, 5.74) is 5.04. The maximum Gasteiger partial charge on any atom is 0.166 e. The molecule has 2 atom stereocenters. The van der Waals surface area contributed by atoms with E-state index in [2.05, 4.69) is 28.3 Å². The summed E-state index contributed by atoms with van der Waals surface area (Å²) in [5, 5.41) is 14.2. The molecule has 1 unspecified atom stereocenters. The fourth-order valence-corrected chi connectivity index (χ4v) is 5.51. The predicted octanol–water partition coefficient (Wildman–Crippen LogP) is 3.90. The number of aryl methyl sites for hydroxylation is 2. The van der Waals surface area contributed by atoms with E-state index < -0.39 is 5.54 Å². The van der Waals surface area contributed by atoms with Crippen LogP contribution >= 0.6 is 13.5 Å². The zero-order valence-electron chi connectivity index (χ0n) is 17.9. The number of aromatic nitrogens is 1. The van der Waals surface area contributed by atoms with E-state index in [-0.39, 0.29) is 31.9 Å². The van der Waals surface area contributed by atoms with Gasteiger partial charge in [0.15, 0.2) is 5.78 Å². The molecule has 0 spiro atoms. The Kier molecular flexibility index (Phi) is 5.81. The number of carbonyl (C=O) groups is 1. The van der Waals surface area contributed by atoms with Crippen molar-refractivity contribution >= 4 is 19.3 Å². The highest BCUT2D eigenvalue weighted by Crippen LogP contribution is 2.48. The highest BCUT2D eigenvalue weighted by molar-refractivity contribution is 7.59. The van der Waals surface area contributed by atoms with E-state index >= 15 is 0 Å². The number of Topliss-reactive ketones (excluding diaryl/α,β-unsaturated/α-hetero) is 1. The lowest BCUT2D eigenvalue weighted by Gasteiger charge is -2.42. The SMILES string of the molecule is Cc1noc(C)c1-c1ccc2c(c1)C(c1ccccc1)(N1CCC[C@H]1CO)C(=O)C2.S. The topological polar surface area (TPSA) is 66.6 Å². The first-order chi connectivity index (χ1) is 14.6. The van der Waals surface area contributed by atoms with Gasteiger partial charge in [-0.15, -0.1) is 0 Å². The first-order valence-corrected chi connectivity index (χ1v) is 10.6. The van der Waals surface area contributed by atoms with Crippen LogP contribution in [0.25, 0.3) is 11.1 Å². The van der Waals surface area contributed by atoms with Gasteiger partial charge in [-0.05, 0) is 55.0 Å². The molecule has 31 heavy (non-hydrogen) atoms. The highest BCUT2D eigenvalue weighted by atomic mass is 32.1. The first-order valence-electron chi connectivity index (χ1n) is 10.6. The molecule has 1 aromatic heterocycles. The summed E-state index contributed by atoms with van der Waals surface area (Å²) in [5.74, 6) is 0.955. The molecule has 1 aliphatic heterocycles. The van der Waals surface area contributed by atoms with Crippen LogP contribution in [0.4, 0.5) is 0 Å². The van der Waals surface area contributed by atoms with Crippen LogP contribution < -0.4 is 0 Å². The van der Waals surface area contributed by atoms with Crippen LogP contribution in [0.5, 0.6) is 0 Å². The molecule has 2 aromatic carbocycles. The van der Waals surface area contributed by atoms with Crippen molar-refractivity contribution in [1.82, 2.24) is 10.1 Å². The van der Waals surface area contributed by atoms with Crippen LogP contribution in [-0.4, -0.2) is 40.1 Å². The number of nitrogens with zero attached hydrogens (tertiary/aromatic N) is 2. The molecule has 3 aromatic rings. The van der Waals surface area contributed by atoms with Gasteiger partial charge in [-0.2, -0.15) is 13.5 Å². The molecule has 5 rings (SSSR count). The van der Waals surface area contributed by atoms with Crippen LogP contribution in [0.2, 0.25) is 0 Å². The van der Waals surface area contributed by atoms with Crippen LogP contribution in [-0.2, 0) is 16.8 Å². The van der Waals surface area contributed by atoms with Crippen LogP contribution in [0.3, 0.4) is 0 Å². The summed E-state index contributed by atoms with van der Waals surface area (Å²) in [4.78, 5) is 16.0. The number of hydrogen-bond donors (Lipinski definition) is 1. The largest absolute Gasteiger partial charge is 0.395 e. The number of carbonyl (C=O) groups excluding carboxylic acids is 1. The zero-order valence-corrected chi connectivity index (χ0v) is 18.9. The highest BCUT2D eigenvalue weighted by Gasteiger charge is 2.54. The van der Waals surface area contributed by atoms with Crippen molar-refractivity contribution in [3.8, 4) is 11.1 Å². The molecule has 1 N–H and O–H groups in total. The Balaban J connectivity index is 0.00000231. The summed E-state index contributed by atoms with van der Waals surface area (Å²) >= 11 is 0. The van der Waals surface area contributed by atoms with Crippen molar-refractivity contribution in [3.63, 3.8) is 0 Å². The van der Waals surface area contributed by atoms with E-state index in [0.717, 1.165) is 58.7 Å². The minimum atomic E-state index is -0.866. The van der Waals surface area contributed by atoms with Crippen LogP contribution in [0, 0.1) is 13.8 Å². The second-order valence-corrected chi connectivity index (χ2v) is 8.42. The number of rotatable bonds is 4. The molecule has 2 aliphatic rings. The number of ketones is 1. The molecule has 0 radical (unpaired) electrons. The Morgan fingerprint density at radius 1 is 1.19 bits per heavy atom. The molecule has 2 heterocycles. The average molecular weight is 437 g/mol. The number of hydrogen-bond acceptors (Lipinski definition) is 5. The second-order valence-electron chi connectivity index (χ2n) is 8.42. The molecule has 1 saturated heterocycles. The lowest BCUT2D eigenvalue weighted by atomic mass is 9.80. The van der Waals surface area contributed by atoms with E-state index in [1.165, 1.54) is 0 Å². The smallest absolute Gasteiger partial charge is 0.166 e. The van der Waals surface area contributed by atoms with Gasteiger partial charge in [0, 0.05) is 24.6 Å². The standard InChI is InChI=1S/C25H26N2O3.H2S/c1-16-24(17(2)30-26-16)19-11-10-18-14-23(29)25(22(18)13-19,20-7-4-3-5-8-20)27-12-6-9-21(27)15-28;/h3-5,7-8,10-11,13,21,28H,6,9,12,14-15H2,1-2H3;1H2/t21-,25?;/m0./s1. The fourth-order valence-electron chi connectivity index (χ4n) is 5.51. The van der Waals surface area contributed by atoms with Crippen LogP contribution in [0.15, 0.2) is 53.1 Å². The van der Waals surface area contributed by atoms with E-state index in [9.17, 15) is 9.90 Å². The van der Waals surface area contributed by atoms with Gasteiger partial charge in [0.25, 0.3) is 0 Å². The van der Waals surface area contributed by atoms with Crippen molar-refractivity contribution in [2.45, 2.75) is 44.7 Å². The third-order valence-electron chi connectivity index (χ3n) is 6.79.